The molecule has 2 rings (SSSR count). The Morgan fingerprint density at radius 3 is 2.22 bits per heavy atom. The summed E-state index contributed by atoms with van der Waals surface area (Å²) in [7, 11) is 0. The van der Waals surface area contributed by atoms with Crippen molar-refractivity contribution in [3.05, 3.63) is 76.3 Å². The number of nitrogens with one attached hydrogen (secondary N) is 3. The van der Waals surface area contributed by atoms with Gasteiger partial charge in [-0.1, -0.05) is 35.9 Å². The van der Waals surface area contributed by atoms with Gasteiger partial charge in [-0.2, -0.15) is 0 Å². The Morgan fingerprint density at radius 1 is 1.00 bits per heavy atom. The van der Waals surface area contributed by atoms with Crippen molar-refractivity contribution in [2.75, 3.05) is 6.61 Å². The summed E-state index contributed by atoms with van der Waals surface area (Å²) in [5.74, 6) is -0.343. The van der Waals surface area contributed by atoms with Gasteiger partial charge in [0.1, 0.15) is 12.4 Å². The molecule has 2 aromatic carbocycles. The molecule has 2 amide bonds. The summed E-state index contributed by atoms with van der Waals surface area (Å²) in [6, 6.07) is 10.9. The van der Waals surface area contributed by atoms with Gasteiger partial charge < -0.3 is 4.74 Å². The van der Waals surface area contributed by atoms with Crippen molar-refractivity contribution in [2.24, 2.45) is 0 Å². The maximum atomic E-state index is 12.1. The molecule has 0 unspecified atom stereocenters. The van der Waals surface area contributed by atoms with E-state index in [0.29, 0.717) is 28.0 Å². The van der Waals surface area contributed by atoms with Crippen LogP contribution in [0.2, 0.25) is 10.0 Å². The van der Waals surface area contributed by atoms with Gasteiger partial charge in [0.25, 0.3) is 11.8 Å². The zero-order valence-electron chi connectivity index (χ0n) is 13.9. The van der Waals surface area contributed by atoms with Gasteiger partial charge in [-0.25, -0.2) is 0 Å². The molecule has 0 aromatic heterocycles. The van der Waals surface area contributed by atoms with Crippen LogP contribution in [0.4, 0.5) is 0 Å². The minimum atomic E-state index is -0.519. The molecule has 0 aliphatic heterocycles. The summed E-state index contributed by atoms with van der Waals surface area (Å²) >= 11 is 16.7. The van der Waals surface area contributed by atoms with Crippen molar-refractivity contribution in [2.45, 2.75) is 0 Å². The molecule has 0 saturated carbocycles. The fraction of sp³-hybridized carbons (Fsp3) is 0.0556. The number of thiocarbonyl (C=S) groups is 1. The average molecular weight is 424 g/mol. The van der Waals surface area contributed by atoms with Gasteiger partial charge in [-0.3, -0.25) is 25.8 Å². The second-order valence-electron chi connectivity index (χ2n) is 5.14. The molecule has 0 spiro atoms. The van der Waals surface area contributed by atoms with Crippen LogP contribution in [0.25, 0.3) is 0 Å². The molecule has 0 fully saturated rings. The van der Waals surface area contributed by atoms with Gasteiger partial charge in [-0.05, 0) is 54.7 Å². The highest BCUT2D eigenvalue weighted by atomic mass is 35.5. The molecule has 6 nitrogen and oxygen atoms in total. The van der Waals surface area contributed by atoms with E-state index in [2.05, 4.69) is 22.7 Å². The number of carbonyl (C=O) groups excluding carboxylic acids is 2. The van der Waals surface area contributed by atoms with Gasteiger partial charge in [-0.15, -0.1) is 0 Å². The van der Waals surface area contributed by atoms with Crippen molar-refractivity contribution in [3.8, 4) is 5.75 Å². The van der Waals surface area contributed by atoms with Crippen LogP contribution in [-0.2, 0) is 0 Å². The lowest BCUT2D eigenvalue weighted by Crippen LogP contribution is -2.48. The number of carbonyl (C=O) groups is 2. The molecule has 140 valence electrons. The quantitative estimate of drug-likeness (QED) is 0.389. The van der Waals surface area contributed by atoms with Crippen molar-refractivity contribution >= 4 is 52.3 Å². The van der Waals surface area contributed by atoms with E-state index in [1.54, 1.807) is 30.3 Å². The summed E-state index contributed by atoms with van der Waals surface area (Å²) in [6.07, 6.45) is 1.62. The molecule has 0 aliphatic rings. The summed E-state index contributed by atoms with van der Waals surface area (Å²) in [5.41, 5.74) is 5.45. The van der Waals surface area contributed by atoms with E-state index in [1.807, 2.05) is 0 Å². The molecule has 0 heterocycles. The third kappa shape index (κ3) is 6.56. The topological polar surface area (TPSA) is 79.5 Å². The zero-order chi connectivity index (χ0) is 19.8. The van der Waals surface area contributed by atoms with Gasteiger partial charge in [0.15, 0.2) is 5.11 Å². The van der Waals surface area contributed by atoms with Crippen LogP contribution in [-0.4, -0.2) is 23.5 Å². The molecule has 27 heavy (non-hydrogen) atoms. The van der Waals surface area contributed by atoms with E-state index in [-0.39, 0.29) is 10.7 Å². The highest BCUT2D eigenvalue weighted by molar-refractivity contribution is 7.80. The van der Waals surface area contributed by atoms with Crippen LogP contribution >= 0.6 is 35.4 Å². The van der Waals surface area contributed by atoms with Crippen LogP contribution in [0.1, 0.15) is 20.7 Å². The van der Waals surface area contributed by atoms with Crippen LogP contribution in [0.5, 0.6) is 5.75 Å². The SMILES string of the molecule is C=CCOc1ccc(C(=O)NNC(=S)NC(=O)c2cc(Cl)cc(Cl)c2)cc1. The lowest BCUT2D eigenvalue weighted by atomic mass is 10.2. The van der Waals surface area contributed by atoms with Crippen LogP contribution in [0.15, 0.2) is 55.1 Å². The van der Waals surface area contributed by atoms with Gasteiger partial charge in [0.2, 0.25) is 0 Å². The number of rotatable bonds is 5. The fourth-order valence-corrected chi connectivity index (χ4v) is 2.60. The summed E-state index contributed by atoms with van der Waals surface area (Å²) < 4.78 is 5.34. The number of halogens is 2. The number of hydrogen-bond donors (Lipinski definition) is 3. The number of ether oxygens (including phenoxy) is 1. The molecule has 0 aliphatic carbocycles. The fourth-order valence-electron chi connectivity index (χ4n) is 1.93. The monoisotopic (exact) mass is 423 g/mol. The van der Waals surface area contributed by atoms with Gasteiger partial charge >= 0.3 is 0 Å². The van der Waals surface area contributed by atoms with Crippen molar-refractivity contribution in [1.82, 2.24) is 16.2 Å². The lowest BCUT2D eigenvalue weighted by Gasteiger charge is -2.11. The Hall–Kier alpha value is -2.61. The smallest absolute Gasteiger partial charge is 0.269 e. The molecular weight excluding hydrogens is 409 g/mol. The summed E-state index contributed by atoms with van der Waals surface area (Å²) in [4.78, 5) is 24.2. The average Bonchev–Trinajstić information content (AvgIpc) is 2.64. The standard InChI is InChI=1S/C18H15Cl2N3O3S/c1-2-7-26-15-5-3-11(4-6-15)17(25)22-23-18(27)21-16(24)12-8-13(19)10-14(20)9-12/h2-6,8-10H,1,7H2,(H,22,25)(H2,21,23,24,27). The van der Waals surface area contributed by atoms with E-state index >= 15 is 0 Å². The minimum Gasteiger partial charge on any atom is -0.490 e. The molecule has 3 N–H and O–H groups in total. The maximum absolute atomic E-state index is 12.1. The van der Waals surface area contributed by atoms with E-state index in [4.69, 9.17) is 40.2 Å². The van der Waals surface area contributed by atoms with E-state index in [0.717, 1.165) is 0 Å². The summed E-state index contributed by atoms with van der Waals surface area (Å²) in [5, 5.41) is 2.96. The van der Waals surface area contributed by atoms with Gasteiger partial charge in [0.05, 0.1) is 0 Å². The number of hydrogen-bond acceptors (Lipinski definition) is 4. The Labute approximate surface area is 171 Å². The van der Waals surface area contributed by atoms with E-state index in [9.17, 15) is 9.59 Å². The highest BCUT2D eigenvalue weighted by Gasteiger charge is 2.11. The van der Waals surface area contributed by atoms with Crippen molar-refractivity contribution in [3.63, 3.8) is 0 Å². The number of benzene rings is 2. The van der Waals surface area contributed by atoms with Crippen LogP contribution in [0.3, 0.4) is 0 Å². The Kier molecular flexibility index (Phi) is 7.60. The second-order valence-corrected chi connectivity index (χ2v) is 6.43. The lowest BCUT2D eigenvalue weighted by molar-refractivity contribution is 0.0934. The first-order valence-corrected chi connectivity index (χ1v) is 8.77. The van der Waals surface area contributed by atoms with Crippen LogP contribution in [0, 0.1) is 0 Å². The predicted molar refractivity (Wildman–Crippen MR) is 109 cm³/mol. The zero-order valence-corrected chi connectivity index (χ0v) is 16.3. The molecule has 0 bridgehead atoms. The van der Waals surface area contributed by atoms with Gasteiger partial charge in [0, 0.05) is 21.2 Å². The molecule has 0 radical (unpaired) electrons. The molecule has 9 heteroatoms. The Bertz CT molecular complexity index is 852. The predicted octanol–water partition coefficient (Wildman–Crippen LogP) is 3.51. The Morgan fingerprint density at radius 2 is 1.63 bits per heavy atom. The molecule has 0 saturated heterocycles. The van der Waals surface area contributed by atoms with Crippen molar-refractivity contribution < 1.29 is 14.3 Å². The first-order chi connectivity index (χ1) is 12.9. The first kappa shape index (κ1) is 20.7. The minimum absolute atomic E-state index is 0.0876. The normalized spacial score (nSPS) is 9.85. The third-order valence-corrected chi connectivity index (χ3v) is 3.77. The number of hydrazine groups is 1. The largest absolute Gasteiger partial charge is 0.490 e. The molecular formula is C18H15Cl2N3O3S. The third-order valence-electron chi connectivity index (χ3n) is 3.13. The first-order valence-electron chi connectivity index (χ1n) is 7.60. The number of amides is 2. The molecule has 2 aromatic rings. The van der Waals surface area contributed by atoms with Crippen molar-refractivity contribution in [1.29, 1.82) is 0 Å². The second kappa shape index (κ2) is 9.91. The maximum Gasteiger partial charge on any atom is 0.269 e. The molecule has 0 atom stereocenters. The highest BCUT2D eigenvalue weighted by Crippen LogP contribution is 2.18. The summed E-state index contributed by atoms with van der Waals surface area (Å²) in [6.45, 7) is 3.93. The van der Waals surface area contributed by atoms with E-state index < -0.39 is 11.8 Å². The Balaban J connectivity index is 1.86. The van der Waals surface area contributed by atoms with E-state index in [1.165, 1.54) is 18.2 Å². The van der Waals surface area contributed by atoms with Crippen LogP contribution < -0.4 is 20.9 Å².